The molecule has 22 heavy (non-hydrogen) atoms. The van der Waals surface area contributed by atoms with E-state index in [0.717, 1.165) is 10.5 Å². The highest BCUT2D eigenvalue weighted by atomic mass is 16.4. The fraction of sp³-hybridized carbons (Fsp3) is 0.438. The van der Waals surface area contributed by atoms with Crippen molar-refractivity contribution < 1.29 is 19.5 Å². The van der Waals surface area contributed by atoms with Crippen LogP contribution >= 0.6 is 0 Å². The number of carbonyl (C=O) groups is 3. The average Bonchev–Trinajstić information content (AvgIpc) is 2.38. The number of hydrogen-bond acceptors (Lipinski definition) is 3. The first-order valence-electron chi connectivity index (χ1n) is 7.08. The van der Waals surface area contributed by atoms with Crippen LogP contribution in [0.4, 0.5) is 5.69 Å². The Labute approximate surface area is 130 Å². The summed E-state index contributed by atoms with van der Waals surface area (Å²) in [6.07, 6.45) is 0.432. The molecule has 0 spiro atoms. The number of carbonyl (C=O) groups excluding carboxylic acids is 2. The van der Waals surface area contributed by atoms with E-state index in [1.54, 1.807) is 25.1 Å². The highest BCUT2D eigenvalue weighted by Gasteiger charge is 2.15. The summed E-state index contributed by atoms with van der Waals surface area (Å²) in [6, 6.07) is 4.89. The van der Waals surface area contributed by atoms with Crippen LogP contribution in [-0.4, -0.2) is 41.4 Å². The number of rotatable bonds is 6. The van der Waals surface area contributed by atoms with Gasteiger partial charge in [0, 0.05) is 24.7 Å². The second-order valence-electron chi connectivity index (χ2n) is 5.73. The van der Waals surface area contributed by atoms with Crippen LogP contribution < -0.4 is 5.32 Å². The normalized spacial score (nSPS) is 10.4. The zero-order valence-electron chi connectivity index (χ0n) is 13.3. The maximum atomic E-state index is 12.1. The van der Waals surface area contributed by atoms with Gasteiger partial charge in [-0.3, -0.25) is 14.4 Å². The molecule has 0 bridgehead atoms. The van der Waals surface area contributed by atoms with Crippen molar-refractivity contribution in [2.24, 2.45) is 5.92 Å². The molecule has 0 heterocycles. The second-order valence-corrected chi connectivity index (χ2v) is 5.73. The number of carboxylic acid groups (broad SMARTS) is 1. The topological polar surface area (TPSA) is 86.7 Å². The molecule has 1 rings (SSSR count). The van der Waals surface area contributed by atoms with Crippen LogP contribution in [0.15, 0.2) is 18.2 Å². The molecule has 0 aromatic heterocycles. The number of likely N-dealkylation sites (N-methyl/N-ethyl adjacent to an activating group) is 1. The minimum Gasteiger partial charge on any atom is -0.480 e. The molecule has 1 aromatic rings. The molecular formula is C16H22N2O4. The molecule has 6 heteroatoms. The third-order valence-corrected chi connectivity index (χ3v) is 3.06. The fourth-order valence-electron chi connectivity index (χ4n) is 2.00. The van der Waals surface area contributed by atoms with Crippen molar-refractivity contribution in [3.05, 3.63) is 29.3 Å². The summed E-state index contributed by atoms with van der Waals surface area (Å²) in [5, 5.41) is 11.5. The van der Waals surface area contributed by atoms with Gasteiger partial charge >= 0.3 is 5.97 Å². The van der Waals surface area contributed by atoms with E-state index in [-0.39, 0.29) is 24.3 Å². The van der Waals surface area contributed by atoms with Crippen molar-refractivity contribution in [1.82, 2.24) is 4.90 Å². The number of anilines is 1. The lowest BCUT2D eigenvalue weighted by atomic mass is 10.1. The Morgan fingerprint density at radius 2 is 1.91 bits per heavy atom. The first-order valence-corrected chi connectivity index (χ1v) is 7.08. The van der Waals surface area contributed by atoms with Gasteiger partial charge < -0.3 is 15.3 Å². The zero-order chi connectivity index (χ0) is 16.9. The standard InChI is InChI=1S/C16H22N2O4/c1-10(2)7-14(19)17-13-6-5-12(8-11(13)3)16(22)18(4)9-15(20)21/h5-6,8,10H,7,9H2,1-4H3,(H,17,19)(H,20,21). The molecule has 2 amide bonds. The molecule has 0 fully saturated rings. The summed E-state index contributed by atoms with van der Waals surface area (Å²) in [4.78, 5) is 35.6. The smallest absolute Gasteiger partial charge is 0.323 e. The lowest BCUT2D eigenvalue weighted by molar-refractivity contribution is -0.137. The Bertz CT molecular complexity index is 582. The first-order chi connectivity index (χ1) is 10.2. The maximum Gasteiger partial charge on any atom is 0.323 e. The molecule has 2 N–H and O–H groups in total. The van der Waals surface area contributed by atoms with Crippen LogP contribution in [0.25, 0.3) is 0 Å². The van der Waals surface area contributed by atoms with E-state index in [4.69, 9.17) is 5.11 Å². The SMILES string of the molecule is Cc1cc(C(=O)N(C)CC(=O)O)ccc1NC(=O)CC(C)C. The van der Waals surface area contributed by atoms with Gasteiger partial charge in [-0.05, 0) is 36.6 Å². The number of nitrogens with zero attached hydrogens (tertiary/aromatic N) is 1. The molecule has 0 aliphatic rings. The van der Waals surface area contributed by atoms with Gasteiger partial charge in [-0.15, -0.1) is 0 Å². The molecule has 0 aliphatic heterocycles. The van der Waals surface area contributed by atoms with Crippen molar-refractivity contribution in [2.45, 2.75) is 27.2 Å². The van der Waals surface area contributed by atoms with Crippen LogP contribution in [0.5, 0.6) is 0 Å². The van der Waals surface area contributed by atoms with Gasteiger partial charge in [-0.2, -0.15) is 0 Å². The van der Waals surface area contributed by atoms with E-state index in [1.807, 2.05) is 13.8 Å². The van der Waals surface area contributed by atoms with Crippen LogP contribution in [-0.2, 0) is 9.59 Å². The Morgan fingerprint density at radius 1 is 1.27 bits per heavy atom. The van der Waals surface area contributed by atoms with E-state index in [9.17, 15) is 14.4 Å². The lowest BCUT2D eigenvalue weighted by Crippen LogP contribution is -2.32. The van der Waals surface area contributed by atoms with Crippen LogP contribution in [0, 0.1) is 12.8 Å². The van der Waals surface area contributed by atoms with Crippen molar-refractivity contribution >= 4 is 23.5 Å². The third kappa shape index (κ3) is 5.20. The first kappa shape index (κ1) is 17.7. The number of nitrogens with one attached hydrogen (secondary N) is 1. The molecule has 0 radical (unpaired) electrons. The molecule has 0 atom stereocenters. The highest BCUT2D eigenvalue weighted by Crippen LogP contribution is 2.18. The summed E-state index contributed by atoms with van der Waals surface area (Å²) in [5.41, 5.74) is 1.80. The van der Waals surface area contributed by atoms with Gasteiger partial charge in [-0.1, -0.05) is 13.8 Å². The number of aryl methyl sites for hydroxylation is 1. The van der Waals surface area contributed by atoms with E-state index in [2.05, 4.69) is 5.32 Å². The van der Waals surface area contributed by atoms with Gasteiger partial charge in [-0.25, -0.2) is 0 Å². The Hall–Kier alpha value is -2.37. The van der Waals surface area contributed by atoms with Gasteiger partial charge in [0.05, 0.1) is 0 Å². The van der Waals surface area contributed by atoms with Crippen LogP contribution in [0.3, 0.4) is 0 Å². The molecule has 0 saturated carbocycles. The van der Waals surface area contributed by atoms with Gasteiger partial charge in [0.15, 0.2) is 0 Å². The van der Waals surface area contributed by atoms with Gasteiger partial charge in [0.2, 0.25) is 5.91 Å². The molecule has 1 aromatic carbocycles. The average molecular weight is 306 g/mol. The van der Waals surface area contributed by atoms with Crippen molar-refractivity contribution in [3.8, 4) is 0 Å². The Morgan fingerprint density at radius 3 is 2.41 bits per heavy atom. The van der Waals surface area contributed by atoms with E-state index in [0.29, 0.717) is 17.7 Å². The zero-order valence-corrected chi connectivity index (χ0v) is 13.3. The van der Waals surface area contributed by atoms with Gasteiger partial charge in [0.25, 0.3) is 5.91 Å². The predicted octanol–water partition coefficient (Wildman–Crippen LogP) is 2.14. The molecular weight excluding hydrogens is 284 g/mol. The third-order valence-electron chi connectivity index (χ3n) is 3.06. The molecule has 0 saturated heterocycles. The van der Waals surface area contributed by atoms with E-state index >= 15 is 0 Å². The summed E-state index contributed by atoms with van der Waals surface area (Å²) in [6.45, 7) is 5.36. The number of benzene rings is 1. The van der Waals surface area contributed by atoms with E-state index < -0.39 is 5.97 Å². The predicted molar refractivity (Wildman–Crippen MR) is 83.9 cm³/mol. The molecule has 0 unspecified atom stereocenters. The molecule has 6 nitrogen and oxygen atoms in total. The number of carboxylic acids is 1. The van der Waals surface area contributed by atoms with Crippen molar-refractivity contribution in [2.75, 3.05) is 18.9 Å². The summed E-state index contributed by atoms with van der Waals surface area (Å²) in [7, 11) is 1.43. The minimum atomic E-state index is -1.06. The molecule has 120 valence electrons. The maximum absolute atomic E-state index is 12.1. The summed E-state index contributed by atoms with van der Waals surface area (Å²) in [5.74, 6) is -1.23. The molecule has 0 aliphatic carbocycles. The largest absolute Gasteiger partial charge is 0.480 e. The number of hydrogen-bond donors (Lipinski definition) is 2. The van der Waals surface area contributed by atoms with Crippen molar-refractivity contribution in [3.63, 3.8) is 0 Å². The number of amides is 2. The lowest BCUT2D eigenvalue weighted by Gasteiger charge is -2.16. The Balaban J connectivity index is 2.83. The summed E-state index contributed by atoms with van der Waals surface area (Å²) < 4.78 is 0. The summed E-state index contributed by atoms with van der Waals surface area (Å²) >= 11 is 0. The fourth-order valence-corrected chi connectivity index (χ4v) is 2.00. The van der Waals surface area contributed by atoms with E-state index in [1.165, 1.54) is 7.05 Å². The second kappa shape index (κ2) is 7.59. The minimum absolute atomic E-state index is 0.0693. The van der Waals surface area contributed by atoms with Crippen LogP contribution in [0.2, 0.25) is 0 Å². The van der Waals surface area contributed by atoms with Crippen LogP contribution in [0.1, 0.15) is 36.2 Å². The van der Waals surface area contributed by atoms with Gasteiger partial charge in [0.1, 0.15) is 6.54 Å². The number of aliphatic carboxylic acids is 1. The highest BCUT2D eigenvalue weighted by molar-refractivity contribution is 5.97. The Kier molecular flexibility index (Phi) is 6.10. The monoisotopic (exact) mass is 306 g/mol. The van der Waals surface area contributed by atoms with Crippen molar-refractivity contribution in [1.29, 1.82) is 0 Å². The quantitative estimate of drug-likeness (QED) is 0.843.